The molecule has 3 rings (SSSR count). The van der Waals surface area contributed by atoms with Crippen LogP contribution in [-0.2, 0) is 14.3 Å². The van der Waals surface area contributed by atoms with E-state index in [9.17, 15) is 14.7 Å². The summed E-state index contributed by atoms with van der Waals surface area (Å²) in [6.07, 6.45) is 1.95. The summed E-state index contributed by atoms with van der Waals surface area (Å²) in [5.74, 6) is -1.26. The average molecular weight is 329 g/mol. The van der Waals surface area contributed by atoms with Crippen molar-refractivity contribution in [2.75, 3.05) is 19.8 Å². The number of nitrogens with one attached hydrogen (secondary N) is 1. The van der Waals surface area contributed by atoms with Crippen LogP contribution in [0.4, 0.5) is 0 Å². The molecule has 1 saturated heterocycles. The van der Waals surface area contributed by atoms with E-state index in [4.69, 9.17) is 9.47 Å². The van der Waals surface area contributed by atoms with Gasteiger partial charge in [-0.25, -0.2) is 4.79 Å². The lowest BCUT2D eigenvalue weighted by atomic mass is 10.1. The van der Waals surface area contributed by atoms with Crippen molar-refractivity contribution >= 4 is 22.6 Å². The highest BCUT2D eigenvalue weighted by Crippen LogP contribution is 2.28. The third-order valence-electron chi connectivity index (χ3n) is 4.01. The van der Waals surface area contributed by atoms with Gasteiger partial charge in [-0.15, -0.1) is 0 Å². The van der Waals surface area contributed by atoms with Gasteiger partial charge in [-0.3, -0.25) is 4.79 Å². The summed E-state index contributed by atoms with van der Waals surface area (Å²) >= 11 is 0. The number of aromatic hydroxyl groups is 1. The number of carbonyl (C=O) groups excluding carboxylic acids is 2. The maximum absolute atomic E-state index is 12.1. The van der Waals surface area contributed by atoms with Crippen LogP contribution in [0.5, 0.6) is 5.75 Å². The molecule has 6 heteroatoms. The SMILES string of the molecule is O=C(COC(=O)c1ccc2ccccc2c1O)NCC1CCCO1. The normalized spacial score (nSPS) is 16.9. The Morgan fingerprint density at radius 3 is 2.88 bits per heavy atom. The number of fused-ring (bicyclic) bond motifs is 1. The Kier molecular flexibility index (Phi) is 4.96. The van der Waals surface area contributed by atoms with Crippen LogP contribution >= 0.6 is 0 Å². The summed E-state index contributed by atoms with van der Waals surface area (Å²) in [7, 11) is 0. The number of benzene rings is 2. The Hall–Kier alpha value is -2.60. The fourth-order valence-corrected chi connectivity index (χ4v) is 2.71. The van der Waals surface area contributed by atoms with Crippen LogP contribution in [-0.4, -0.2) is 42.8 Å². The van der Waals surface area contributed by atoms with Crippen LogP contribution in [0.2, 0.25) is 0 Å². The van der Waals surface area contributed by atoms with Gasteiger partial charge in [-0.2, -0.15) is 0 Å². The first kappa shape index (κ1) is 16.3. The molecule has 24 heavy (non-hydrogen) atoms. The zero-order chi connectivity index (χ0) is 16.9. The molecule has 0 aromatic heterocycles. The molecule has 2 aromatic carbocycles. The van der Waals surface area contributed by atoms with E-state index in [0.29, 0.717) is 11.9 Å². The van der Waals surface area contributed by atoms with Crippen molar-refractivity contribution in [1.82, 2.24) is 5.32 Å². The highest BCUT2D eigenvalue weighted by Gasteiger charge is 2.18. The second-order valence-corrected chi connectivity index (χ2v) is 5.70. The molecule has 1 fully saturated rings. The zero-order valence-electron chi connectivity index (χ0n) is 13.2. The Labute approximate surface area is 139 Å². The number of phenolic OH excluding ortho intramolecular Hbond substituents is 1. The molecule has 1 unspecified atom stereocenters. The predicted octanol–water partition coefficient (Wildman–Crippen LogP) is 2.00. The Morgan fingerprint density at radius 2 is 2.08 bits per heavy atom. The number of hydrogen-bond donors (Lipinski definition) is 2. The van der Waals surface area contributed by atoms with E-state index >= 15 is 0 Å². The first-order valence-corrected chi connectivity index (χ1v) is 7.91. The molecule has 1 amide bonds. The van der Waals surface area contributed by atoms with Gasteiger partial charge in [0, 0.05) is 18.5 Å². The Morgan fingerprint density at radius 1 is 1.25 bits per heavy atom. The monoisotopic (exact) mass is 329 g/mol. The quantitative estimate of drug-likeness (QED) is 0.820. The molecule has 1 aliphatic heterocycles. The topological polar surface area (TPSA) is 84.9 Å². The summed E-state index contributed by atoms with van der Waals surface area (Å²) in [6, 6.07) is 10.4. The molecule has 2 aromatic rings. The van der Waals surface area contributed by atoms with Gasteiger partial charge in [-0.05, 0) is 24.3 Å². The van der Waals surface area contributed by atoms with Crippen molar-refractivity contribution < 1.29 is 24.2 Å². The van der Waals surface area contributed by atoms with Crippen molar-refractivity contribution in [1.29, 1.82) is 0 Å². The van der Waals surface area contributed by atoms with Gasteiger partial charge < -0.3 is 19.9 Å². The van der Waals surface area contributed by atoms with Gasteiger partial charge in [-0.1, -0.05) is 30.3 Å². The second kappa shape index (κ2) is 7.31. The molecule has 0 radical (unpaired) electrons. The molecule has 6 nitrogen and oxygen atoms in total. The number of carbonyl (C=O) groups is 2. The summed E-state index contributed by atoms with van der Waals surface area (Å²) in [6.45, 7) is 0.742. The van der Waals surface area contributed by atoms with E-state index in [1.165, 1.54) is 6.07 Å². The van der Waals surface area contributed by atoms with Crippen molar-refractivity contribution in [3.8, 4) is 5.75 Å². The molecular weight excluding hydrogens is 310 g/mol. The summed E-state index contributed by atoms with van der Waals surface area (Å²) in [4.78, 5) is 23.8. The smallest absolute Gasteiger partial charge is 0.342 e. The number of phenols is 1. The number of esters is 1. The van der Waals surface area contributed by atoms with E-state index in [1.807, 2.05) is 12.1 Å². The number of rotatable bonds is 5. The molecule has 1 aliphatic rings. The lowest BCUT2D eigenvalue weighted by Gasteiger charge is -2.11. The molecule has 0 spiro atoms. The van der Waals surface area contributed by atoms with Crippen LogP contribution in [0, 0.1) is 0 Å². The summed E-state index contributed by atoms with van der Waals surface area (Å²) in [5, 5.41) is 14.3. The van der Waals surface area contributed by atoms with Crippen LogP contribution in [0.1, 0.15) is 23.2 Å². The maximum atomic E-state index is 12.1. The molecular formula is C18H19NO5. The number of amides is 1. The molecule has 1 heterocycles. The van der Waals surface area contributed by atoms with Crippen molar-refractivity contribution in [3.63, 3.8) is 0 Å². The summed E-state index contributed by atoms with van der Waals surface area (Å²) in [5.41, 5.74) is 0.0422. The van der Waals surface area contributed by atoms with Gasteiger partial charge >= 0.3 is 5.97 Å². The number of hydrogen-bond acceptors (Lipinski definition) is 5. The largest absolute Gasteiger partial charge is 0.506 e. The predicted molar refractivity (Wildman–Crippen MR) is 87.9 cm³/mol. The van der Waals surface area contributed by atoms with E-state index < -0.39 is 12.6 Å². The minimum atomic E-state index is -0.731. The summed E-state index contributed by atoms with van der Waals surface area (Å²) < 4.78 is 10.4. The van der Waals surface area contributed by atoms with E-state index in [0.717, 1.165) is 24.8 Å². The minimum absolute atomic E-state index is 0.0363. The molecule has 1 atom stereocenters. The standard InChI is InChI=1S/C18H19NO5/c20-16(19-10-13-5-3-9-23-13)11-24-18(22)15-8-7-12-4-1-2-6-14(12)17(15)21/h1-2,4,6-8,13,21H,3,5,9-11H2,(H,19,20). The van der Waals surface area contributed by atoms with E-state index in [2.05, 4.69) is 5.32 Å². The number of ether oxygens (including phenoxy) is 2. The van der Waals surface area contributed by atoms with Gasteiger partial charge in [0.25, 0.3) is 5.91 Å². The van der Waals surface area contributed by atoms with Crippen LogP contribution in [0.15, 0.2) is 36.4 Å². The fraction of sp³-hybridized carbons (Fsp3) is 0.333. The second-order valence-electron chi connectivity index (χ2n) is 5.70. The molecule has 2 N–H and O–H groups in total. The Balaban J connectivity index is 1.56. The molecule has 0 bridgehead atoms. The lowest BCUT2D eigenvalue weighted by molar-refractivity contribution is -0.124. The van der Waals surface area contributed by atoms with Crippen molar-refractivity contribution in [2.24, 2.45) is 0 Å². The third-order valence-corrected chi connectivity index (χ3v) is 4.01. The molecule has 0 saturated carbocycles. The van der Waals surface area contributed by atoms with Crippen molar-refractivity contribution in [2.45, 2.75) is 18.9 Å². The van der Waals surface area contributed by atoms with Crippen LogP contribution in [0.3, 0.4) is 0 Å². The third kappa shape index (κ3) is 3.65. The average Bonchev–Trinajstić information content (AvgIpc) is 3.12. The first-order valence-electron chi connectivity index (χ1n) is 7.91. The van der Waals surface area contributed by atoms with Gasteiger partial charge in [0.1, 0.15) is 11.3 Å². The fourth-order valence-electron chi connectivity index (χ4n) is 2.71. The minimum Gasteiger partial charge on any atom is -0.506 e. The van der Waals surface area contributed by atoms with E-state index in [1.54, 1.807) is 18.2 Å². The molecule has 126 valence electrons. The Bertz CT molecular complexity index is 752. The molecule has 0 aliphatic carbocycles. The zero-order valence-corrected chi connectivity index (χ0v) is 13.2. The van der Waals surface area contributed by atoms with E-state index in [-0.39, 0.29) is 23.3 Å². The van der Waals surface area contributed by atoms with Crippen molar-refractivity contribution in [3.05, 3.63) is 42.0 Å². The lowest BCUT2D eigenvalue weighted by Crippen LogP contribution is -2.34. The maximum Gasteiger partial charge on any atom is 0.342 e. The first-order chi connectivity index (χ1) is 11.6. The van der Waals surface area contributed by atoms with Gasteiger partial charge in [0.15, 0.2) is 6.61 Å². The van der Waals surface area contributed by atoms with Crippen LogP contribution in [0.25, 0.3) is 10.8 Å². The van der Waals surface area contributed by atoms with Gasteiger partial charge in [0.05, 0.1) is 6.10 Å². The highest BCUT2D eigenvalue weighted by atomic mass is 16.5. The van der Waals surface area contributed by atoms with Gasteiger partial charge in [0.2, 0.25) is 0 Å². The highest BCUT2D eigenvalue weighted by molar-refractivity contribution is 6.01. The van der Waals surface area contributed by atoms with Crippen LogP contribution < -0.4 is 5.32 Å².